The first kappa shape index (κ1) is 15.6. The largest absolute Gasteiger partial charge is 0.497 e. The molecule has 1 atom stereocenters. The highest BCUT2D eigenvalue weighted by atomic mass is 32.2. The molecule has 2 aromatic carbocycles. The number of aldehydes is 1. The van der Waals surface area contributed by atoms with Crippen molar-refractivity contribution in [3.8, 4) is 5.75 Å². The number of ether oxygens (including phenoxy) is 1. The van der Waals surface area contributed by atoms with E-state index in [-0.39, 0.29) is 5.92 Å². The van der Waals surface area contributed by atoms with Crippen LogP contribution >= 0.6 is 11.8 Å². The van der Waals surface area contributed by atoms with Crippen molar-refractivity contribution < 1.29 is 9.53 Å². The van der Waals surface area contributed by atoms with Crippen molar-refractivity contribution >= 4 is 18.0 Å². The van der Waals surface area contributed by atoms with E-state index in [9.17, 15) is 4.79 Å². The molecule has 0 aliphatic carbocycles. The van der Waals surface area contributed by atoms with Crippen LogP contribution in [0, 0.1) is 13.8 Å². The highest BCUT2D eigenvalue weighted by molar-refractivity contribution is 7.99. The summed E-state index contributed by atoms with van der Waals surface area (Å²) < 4.78 is 5.18. The smallest absolute Gasteiger partial charge is 0.127 e. The van der Waals surface area contributed by atoms with E-state index in [1.165, 1.54) is 20.9 Å². The van der Waals surface area contributed by atoms with Crippen molar-refractivity contribution in [2.45, 2.75) is 36.5 Å². The number of carbonyl (C=O) groups is 1. The van der Waals surface area contributed by atoms with Gasteiger partial charge in [-0.2, -0.15) is 0 Å². The molecule has 2 rings (SSSR count). The minimum atomic E-state index is -0.0533. The van der Waals surface area contributed by atoms with Crippen LogP contribution in [0.2, 0.25) is 0 Å². The SMILES string of the molecule is COc1ccc(Sc2c(C)cc(C(C)C=O)cc2C)cc1. The molecule has 21 heavy (non-hydrogen) atoms. The maximum absolute atomic E-state index is 10.9. The van der Waals surface area contributed by atoms with Crippen LogP contribution in [0.1, 0.15) is 29.5 Å². The summed E-state index contributed by atoms with van der Waals surface area (Å²) in [7, 11) is 1.67. The molecular formula is C18H20O2S. The zero-order chi connectivity index (χ0) is 15.4. The van der Waals surface area contributed by atoms with Gasteiger partial charge in [0.1, 0.15) is 12.0 Å². The van der Waals surface area contributed by atoms with E-state index >= 15 is 0 Å². The second kappa shape index (κ2) is 6.81. The zero-order valence-corrected chi connectivity index (χ0v) is 13.7. The summed E-state index contributed by atoms with van der Waals surface area (Å²) in [5.74, 6) is 0.811. The number of carbonyl (C=O) groups excluding carboxylic acids is 1. The van der Waals surface area contributed by atoms with Crippen molar-refractivity contribution in [1.82, 2.24) is 0 Å². The topological polar surface area (TPSA) is 26.3 Å². The van der Waals surface area contributed by atoms with Gasteiger partial charge >= 0.3 is 0 Å². The summed E-state index contributed by atoms with van der Waals surface area (Å²) in [4.78, 5) is 13.4. The first-order valence-corrected chi connectivity index (χ1v) is 7.75. The van der Waals surface area contributed by atoms with Crippen molar-refractivity contribution in [1.29, 1.82) is 0 Å². The van der Waals surface area contributed by atoms with Crippen LogP contribution < -0.4 is 4.74 Å². The lowest BCUT2D eigenvalue weighted by atomic mass is 9.98. The fraction of sp³-hybridized carbons (Fsp3) is 0.278. The third-order valence-electron chi connectivity index (χ3n) is 3.49. The molecule has 0 N–H and O–H groups in total. The summed E-state index contributed by atoms with van der Waals surface area (Å²) in [5, 5.41) is 0. The molecule has 110 valence electrons. The predicted molar refractivity (Wildman–Crippen MR) is 87.5 cm³/mol. The van der Waals surface area contributed by atoms with E-state index in [4.69, 9.17) is 4.74 Å². The van der Waals surface area contributed by atoms with E-state index in [0.29, 0.717) is 0 Å². The first-order chi connectivity index (χ1) is 10.0. The van der Waals surface area contributed by atoms with Crippen LogP contribution in [0.15, 0.2) is 46.2 Å². The van der Waals surface area contributed by atoms with Crippen LogP contribution in [-0.4, -0.2) is 13.4 Å². The Morgan fingerprint density at radius 1 is 1.10 bits per heavy atom. The molecule has 2 aromatic rings. The summed E-state index contributed by atoms with van der Waals surface area (Å²) in [6.45, 7) is 6.12. The van der Waals surface area contributed by atoms with Crippen molar-refractivity contribution in [2.75, 3.05) is 7.11 Å². The summed E-state index contributed by atoms with van der Waals surface area (Å²) in [6, 6.07) is 12.3. The van der Waals surface area contributed by atoms with Gasteiger partial charge in [-0.3, -0.25) is 0 Å². The van der Waals surface area contributed by atoms with Crippen molar-refractivity contribution in [2.24, 2.45) is 0 Å². The van der Waals surface area contributed by atoms with Crippen LogP contribution in [-0.2, 0) is 4.79 Å². The van der Waals surface area contributed by atoms with Crippen LogP contribution in [0.25, 0.3) is 0 Å². The summed E-state index contributed by atoms with van der Waals surface area (Å²) >= 11 is 1.74. The van der Waals surface area contributed by atoms with Crippen LogP contribution in [0.3, 0.4) is 0 Å². The molecular weight excluding hydrogens is 280 g/mol. The molecule has 1 unspecified atom stereocenters. The quantitative estimate of drug-likeness (QED) is 0.744. The molecule has 0 amide bonds. The molecule has 0 saturated carbocycles. The van der Waals surface area contributed by atoms with Crippen molar-refractivity contribution in [3.63, 3.8) is 0 Å². The highest BCUT2D eigenvalue weighted by Gasteiger charge is 2.11. The van der Waals surface area contributed by atoms with E-state index < -0.39 is 0 Å². The standard InChI is InChI=1S/C18H20O2S/c1-12-9-15(14(3)11-19)10-13(2)18(12)21-17-7-5-16(20-4)6-8-17/h5-11,14H,1-4H3. The fourth-order valence-electron chi connectivity index (χ4n) is 2.25. The molecule has 0 spiro atoms. The van der Waals surface area contributed by atoms with Gasteiger partial charge in [0.05, 0.1) is 7.11 Å². The number of benzene rings is 2. The number of methoxy groups -OCH3 is 1. The second-order valence-electron chi connectivity index (χ2n) is 5.19. The minimum Gasteiger partial charge on any atom is -0.497 e. The number of hydrogen-bond acceptors (Lipinski definition) is 3. The van der Waals surface area contributed by atoms with Gasteiger partial charge in [0.15, 0.2) is 0 Å². The molecule has 0 aromatic heterocycles. The highest BCUT2D eigenvalue weighted by Crippen LogP contribution is 2.35. The van der Waals surface area contributed by atoms with Gasteiger partial charge in [0, 0.05) is 15.7 Å². The lowest BCUT2D eigenvalue weighted by Crippen LogP contribution is -1.97. The Bertz CT molecular complexity index is 609. The Morgan fingerprint density at radius 3 is 2.14 bits per heavy atom. The fourth-order valence-corrected chi connectivity index (χ4v) is 3.20. The van der Waals surface area contributed by atoms with E-state index in [2.05, 4.69) is 38.1 Å². The van der Waals surface area contributed by atoms with E-state index in [1.54, 1.807) is 18.9 Å². The van der Waals surface area contributed by atoms with Gasteiger partial charge in [-0.15, -0.1) is 0 Å². The average Bonchev–Trinajstić information content (AvgIpc) is 2.50. The second-order valence-corrected chi connectivity index (χ2v) is 6.27. The van der Waals surface area contributed by atoms with Crippen LogP contribution in [0.5, 0.6) is 5.75 Å². The maximum Gasteiger partial charge on any atom is 0.127 e. The molecule has 0 aliphatic heterocycles. The predicted octanol–water partition coefficient (Wildman–Crippen LogP) is 4.77. The molecule has 0 aliphatic rings. The normalized spacial score (nSPS) is 12.0. The molecule has 2 nitrogen and oxygen atoms in total. The summed E-state index contributed by atoms with van der Waals surface area (Å²) in [6.07, 6.45) is 0.991. The molecule has 0 fully saturated rings. The average molecular weight is 300 g/mol. The Hall–Kier alpha value is -1.74. The maximum atomic E-state index is 10.9. The Labute approximate surface area is 130 Å². The van der Waals surface area contributed by atoms with Crippen LogP contribution in [0.4, 0.5) is 0 Å². The Balaban J connectivity index is 2.29. The van der Waals surface area contributed by atoms with Gasteiger partial charge < -0.3 is 9.53 Å². The number of aryl methyl sites for hydroxylation is 2. The lowest BCUT2D eigenvalue weighted by Gasteiger charge is -2.14. The van der Waals surface area contributed by atoms with E-state index in [0.717, 1.165) is 17.6 Å². The number of hydrogen-bond donors (Lipinski definition) is 0. The Morgan fingerprint density at radius 2 is 1.67 bits per heavy atom. The first-order valence-electron chi connectivity index (χ1n) is 6.93. The van der Waals surface area contributed by atoms with Gasteiger partial charge in [-0.1, -0.05) is 30.8 Å². The molecule has 0 saturated heterocycles. The molecule has 0 radical (unpaired) electrons. The minimum absolute atomic E-state index is 0.0533. The third kappa shape index (κ3) is 3.67. The zero-order valence-electron chi connectivity index (χ0n) is 12.8. The number of rotatable bonds is 5. The molecule has 0 bridgehead atoms. The van der Waals surface area contributed by atoms with Gasteiger partial charge in [-0.25, -0.2) is 0 Å². The summed E-state index contributed by atoms with van der Waals surface area (Å²) in [5.41, 5.74) is 3.50. The van der Waals surface area contributed by atoms with E-state index in [1.807, 2.05) is 19.1 Å². The van der Waals surface area contributed by atoms with Crippen molar-refractivity contribution in [3.05, 3.63) is 53.1 Å². The third-order valence-corrected chi connectivity index (χ3v) is 4.85. The molecule has 0 heterocycles. The van der Waals surface area contributed by atoms with Gasteiger partial charge in [0.25, 0.3) is 0 Å². The van der Waals surface area contributed by atoms with Gasteiger partial charge in [0.2, 0.25) is 0 Å². The van der Waals surface area contributed by atoms with Gasteiger partial charge in [-0.05, 0) is 54.8 Å². The monoisotopic (exact) mass is 300 g/mol. The lowest BCUT2D eigenvalue weighted by molar-refractivity contribution is -0.108. The Kier molecular flexibility index (Phi) is 5.07. The molecule has 3 heteroatoms.